The highest BCUT2D eigenvalue weighted by molar-refractivity contribution is 6.61. The highest BCUT2D eigenvalue weighted by Crippen LogP contribution is 2.16. The summed E-state index contributed by atoms with van der Waals surface area (Å²) in [5, 5.41) is 9.42. The molecule has 7 heteroatoms. The Morgan fingerprint density at radius 1 is 1.72 bits per heavy atom. The first-order valence-corrected chi connectivity index (χ1v) is 5.47. The molecule has 0 saturated heterocycles. The number of rotatable bonds is 3. The fraction of sp³-hybridized carbons (Fsp3) is 0.364. The molecule has 18 heavy (non-hydrogen) atoms. The number of nitrogens with two attached hydrogens (primary N) is 1. The number of benzene rings is 1. The summed E-state index contributed by atoms with van der Waals surface area (Å²) in [5.41, 5.74) is 7.01. The summed E-state index contributed by atoms with van der Waals surface area (Å²) in [6, 6.07) is 1.87. The highest BCUT2D eigenvalue weighted by Gasteiger charge is 2.29. The second-order valence-electron chi connectivity index (χ2n) is 4.14. The van der Waals surface area contributed by atoms with E-state index in [1.54, 1.807) is 6.07 Å². The maximum Gasteiger partial charge on any atom is 0.491 e. The molecule has 2 rings (SSSR count). The van der Waals surface area contributed by atoms with Crippen LogP contribution in [0.5, 0.6) is 0 Å². The van der Waals surface area contributed by atoms with Crippen molar-refractivity contribution < 1.29 is 23.6 Å². The standard InChI is InChI=1S/C11H13BFNO4/c1-17-11(15)10(14)3-6-2-7-5-18-12(16)8(7)4-9(6)13/h2,4,10,16H,3,5,14H2,1H3/t10-/m1/s1. The zero-order valence-electron chi connectivity index (χ0n) is 9.85. The van der Waals surface area contributed by atoms with Gasteiger partial charge in [-0.25, -0.2) is 4.39 Å². The van der Waals surface area contributed by atoms with Crippen molar-refractivity contribution in [3.63, 3.8) is 0 Å². The normalized spacial score (nSPS) is 15.4. The predicted octanol–water partition coefficient (Wildman–Crippen LogP) is -0.914. The van der Waals surface area contributed by atoms with Crippen LogP contribution in [0.4, 0.5) is 4.39 Å². The Hall–Kier alpha value is -1.44. The number of halogens is 1. The van der Waals surface area contributed by atoms with Crippen LogP contribution in [0.25, 0.3) is 0 Å². The molecule has 1 aliphatic rings. The molecule has 96 valence electrons. The zero-order chi connectivity index (χ0) is 13.3. The van der Waals surface area contributed by atoms with Crippen molar-refractivity contribution in [2.24, 2.45) is 5.73 Å². The first-order valence-electron chi connectivity index (χ1n) is 5.47. The van der Waals surface area contributed by atoms with E-state index in [-0.39, 0.29) is 13.0 Å². The summed E-state index contributed by atoms with van der Waals surface area (Å²) in [6.07, 6.45) is 0.0435. The molecule has 0 unspecified atom stereocenters. The van der Waals surface area contributed by atoms with Gasteiger partial charge in [0.05, 0.1) is 13.7 Å². The van der Waals surface area contributed by atoms with Crippen molar-refractivity contribution >= 4 is 18.6 Å². The molecule has 0 amide bonds. The smallest absolute Gasteiger partial charge is 0.468 e. The number of hydrogen-bond donors (Lipinski definition) is 2. The van der Waals surface area contributed by atoms with E-state index in [1.165, 1.54) is 13.2 Å². The predicted molar refractivity (Wildman–Crippen MR) is 62.5 cm³/mol. The summed E-state index contributed by atoms with van der Waals surface area (Å²) in [5.74, 6) is -1.11. The minimum atomic E-state index is -1.09. The number of hydrogen-bond acceptors (Lipinski definition) is 5. The maximum absolute atomic E-state index is 13.8. The lowest BCUT2D eigenvalue weighted by atomic mass is 9.78. The van der Waals surface area contributed by atoms with Gasteiger partial charge in [0.25, 0.3) is 0 Å². The van der Waals surface area contributed by atoms with E-state index in [4.69, 9.17) is 10.4 Å². The molecule has 0 bridgehead atoms. The van der Waals surface area contributed by atoms with Crippen LogP contribution < -0.4 is 11.2 Å². The molecule has 1 atom stereocenters. The quantitative estimate of drug-likeness (QED) is 0.538. The van der Waals surface area contributed by atoms with Crippen LogP contribution in [0.15, 0.2) is 12.1 Å². The minimum Gasteiger partial charge on any atom is -0.468 e. The molecule has 5 nitrogen and oxygen atoms in total. The summed E-state index contributed by atoms with van der Waals surface area (Å²) in [6.45, 7) is 0.219. The fourth-order valence-electron chi connectivity index (χ4n) is 1.93. The third-order valence-corrected chi connectivity index (χ3v) is 2.91. The molecule has 0 fully saturated rings. The molecule has 0 radical (unpaired) electrons. The molecular formula is C11H13BFNO4. The molecule has 3 N–H and O–H groups in total. The topological polar surface area (TPSA) is 81.8 Å². The van der Waals surface area contributed by atoms with E-state index in [9.17, 15) is 14.2 Å². The van der Waals surface area contributed by atoms with Crippen LogP contribution in [0, 0.1) is 5.82 Å². The molecule has 0 spiro atoms. The largest absolute Gasteiger partial charge is 0.491 e. The molecule has 1 heterocycles. The summed E-state index contributed by atoms with van der Waals surface area (Å²) >= 11 is 0. The maximum atomic E-state index is 13.8. The number of methoxy groups -OCH3 is 1. The van der Waals surface area contributed by atoms with E-state index in [2.05, 4.69) is 4.74 Å². The Morgan fingerprint density at radius 3 is 3.11 bits per heavy atom. The highest BCUT2D eigenvalue weighted by atomic mass is 19.1. The number of carbonyl (C=O) groups excluding carboxylic acids is 1. The van der Waals surface area contributed by atoms with Crippen LogP contribution in [0.2, 0.25) is 0 Å². The van der Waals surface area contributed by atoms with Gasteiger partial charge in [-0.2, -0.15) is 0 Å². The van der Waals surface area contributed by atoms with Crippen LogP contribution >= 0.6 is 0 Å². The van der Waals surface area contributed by atoms with Gasteiger partial charge in [0.15, 0.2) is 0 Å². The molecular weight excluding hydrogens is 240 g/mol. The lowest BCUT2D eigenvalue weighted by molar-refractivity contribution is -0.142. The monoisotopic (exact) mass is 253 g/mol. The van der Waals surface area contributed by atoms with Gasteiger partial charge < -0.3 is 20.1 Å². The first kappa shape index (κ1) is 13.0. The summed E-state index contributed by atoms with van der Waals surface area (Å²) < 4.78 is 23.2. The number of carbonyl (C=O) groups is 1. The lowest BCUT2D eigenvalue weighted by Crippen LogP contribution is -2.34. The third-order valence-electron chi connectivity index (χ3n) is 2.91. The Labute approximate surface area is 104 Å². The van der Waals surface area contributed by atoms with Crippen molar-refractivity contribution in [3.8, 4) is 0 Å². The number of esters is 1. The summed E-state index contributed by atoms with van der Waals surface area (Å²) in [7, 11) is 0.142. The SMILES string of the molecule is COC(=O)[C@H](N)Cc1cc2c(cc1F)B(O)OC2. The Morgan fingerprint density at radius 2 is 2.44 bits per heavy atom. The van der Waals surface area contributed by atoms with Crippen molar-refractivity contribution in [3.05, 3.63) is 29.1 Å². The van der Waals surface area contributed by atoms with Gasteiger partial charge in [0.2, 0.25) is 0 Å². The van der Waals surface area contributed by atoms with Crippen molar-refractivity contribution in [1.82, 2.24) is 0 Å². The second kappa shape index (κ2) is 5.05. The van der Waals surface area contributed by atoms with Crippen LogP contribution in [-0.4, -0.2) is 31.3 Å². The lowest BCUT2D eigenvalue weighted by Gasteiger charge is -2.11. The van der Waals surface area contributed by atoms with E-state index in [0.717, 1.165) is 0 Å². The van der Waals surface area contributed by atoms with Gasteiger partial charge in [-0.15, -0.1) is 0 Å². The third kappa shape index (κ3) is 2.38. The van der Waals surface area contributed by atoms with Crippen LogP contribution in [0.1, 0.15) is 11.1 Å². The average Bonchev–Trinajstić information content (AvgIpc) is 2.70. The number of fused-ring (bicyclic) bond motifs is 1. The van der Waals surface area contributed by atoms with Crippen LogP contribution in [0.3, 0.4) is 0 Å². The van der Waals surface area contributed by atoms with Gasteiger partial charge in [-0.3, -0.25) is 4.79 Å². The Kier molecular flexibility index (Phi) is 3.65. The minimum absolute atomic E-state index is 0.0435. The van der Waals surface area contributed by atoms with E-state index in [0.29, 0.717) is 16.6 Å². The van der Waals surface area contributed by atoms with Gasteiger partial charge in [-0.05, 0) is 22.7 Å². The second-order valence-corrected chi connectivity index (χ2v) is 4.14. The molecule has 0 saturated carbocycles. The summed E-state index contributed by atoms with van der Waals surface area (Å²) in [4.78, 5) is 11.2. The molecule has 1 aromatic rings. The number of ether oxygens (including phenoxy) is 1. The Balaban J connectivity index is 2.22. The van der Waals surface area contributed by atoms with E-state index < -0.39 is 24.9 Å². The van der Waals surface area contributed by atoms with Crippen molar-refractivity contribution in [1.29, 1.82) is 0 Å². The van der Waals surface area contributed by atoms with Crippen LogP contribution in [-0.2, 0) is 27.2 Å². The molecule has 1 aliphatic heterocycles. The van der Waals surface area contributed by atoms with Gasteiger partial charge in [-0.1, -0.05) is 6.07 Å². The fourth-order valence-corrected chi connectivity index (χ4v) is 1.93. The average molecular weight is 253 g/mol. The van der Waals surface area contributed by atoms with Gasteiger partial charge in [0, 0.05) is 6.42 Å². The van der Waals surface area contributed by atoms with E-state index >= 15 is 0 Å². The van der Waals surface area contributed by atoms with Crippen molar-refractivity contribution in [2.45, 2.75) is 19.1 Å². The van der Waals surface area contributed by atoms with Crippen molar-refractivity contribution in [2.75, 3.05) is 7.11 Å². The molecule has 0 aliphatic carbocycles. The Bertz CT molecular complexity index is 482. The molecule has 0 aromatic heterocycles. The zero-order valence-corrected chi connectivity index (χ0v) is 9.85. The van der Waals surface area contributed by atoms with Gasteiger partial charge in [0.1, 0.15) is 11.9 Å². The molecule has 1 aromatic carbocycles. The van der Waals surface area contributed by atoms with Gasteiger partial charge >= 0.3 is 13.1 Å². The first-order chi connectivity index (χ1) is 8.52. The van der Waals surface area contributed by atoms with E-state index in [1.807, 2.05) is 0 Å².